The molecule has 0 aromatic carbocycles. The molecule has 0 saturated carbocycles. The number of unbranched alkanes of at least 4 members (excludes halogenated alkanes) is 1. The zero-order chi connectivity index (χ0) is 5.54. The lowest BCUT2D eigenvalue weighted by atomic mass is 10.3. The van der Waals surface area contributed by atoms with Crippen LogP contribution in [0, 0.1) is 0 Å². The van der Waals surface area contributed by atoms with Gasteiger partial charge in [-0.05, 0) is 19.6 Å². The topological polar surface area (TPSA) is 12.0 Å². The Balaban J connectivity index is 2.45. The van der Waals surface area contributed by atoms with Gasteiger partial charge in [-0.2, -0.15) is 0 Å². The molecule has 2 heteroatoms. The first kappa shape index (κ1) is 7.39. The maximum atomic E-state index is 3.28. The Bertz CT molecular complexity index is 27.3. The fourth-order valence-corrected chi connectivity index (χ4v) is 0.817. The Morgan fingerprint density at radius 2 is 2.29 bits per heavy atom. The Morgan fingerprint density at radius 1 is 1.57 bits per heavy atom. The number of hydrogen-bond acceptors (Lipinski definition) is 1. The van der Waals surface area contributed by atoms with Gasteiger partial charge in [0.15, 0.2) is 0 Å². The molecule has 0 bridgehead atoms. The van der Waals surface area contributed by atoms with E-state index >= 15 is 0 Å². The van der Waals surface area contributed by atoms with E-state index in [4.69, 9.17) is 0 Å². The van der Waals surface area contributed by atoms with Crippen molar-refractivity contribution in [3.8, 4) is 0 Å². The zero-order valence-corrected chi connectivity index (χ0v) is 6.12. The predicted molar refractivity (Wildman–Crippen MR) is 37.1 cm³/mol. The first-order chi connectivity index (χ1) is 3.41. The summed E-state index contributed by atoms with van der Waals surface area (Å²) < 4.78 is 0. The average Bonchev–Trinajstić information content (AvgIpc) is 1.69. The van der Waals surface area contributed by atoms with Crippen LogP contribution in [-0.2, 0) is 0 Å². The van der Waals surface area contributed by atoms with Crippen molar-refractivity contribution in [3.63, 3.8) is 0 Å². The predicted octanol–water partition coefficient (Wildman–Crippen LogP) is 1.60. The van der Waals surface area contributed by atoms with Crippen molar-refractivity contribution >= 4 is 8.73 Å². The van der Waals surface area contributed by atoms with Crippen molar-refractivity contribution in [2.45, 2.75) is 19.8 Å². The van der Waals surface area contributed by atoms with Crippen LogP contribution in [0.2, 0.25) is 0 Å². The molecule has 44 valence electrons. The number of hydrogen-bond donors (Lipinski definition) is 1. The molecule has 0 saturated heterocycles. The lowest BCUT2D eigenvalue weighted by Crippen LogP contribution is -2.00. The van der Waals surface area contributed by atoms with Crippen LogP contribution in [0.5, 0.6) is 0 Å². The van der Waals surface area contributed by atoms with Crippen molar-refractivity contribution in [2.24, 2.45) is 0 Å². The van der Waals surface area contributed by atoms with E-state index in [2.05, 4.69) is 18.7 Å². The molecule has 0 aromatic rings. The SMILES string of the molecule is CCCCNPC. The molecule has 1 atom stereocenters. The highest BCUT2D eigenvalue weighted by Gasteiger charge is 1.77. The fourth-order valence-electron chi connectivity index (χ4n) is 0.390. The molecule has 0 heterocycles. The molecule has 0 fully saturated rings. The van der Waals surface area contributed by atoms with Gasteiger partial charge in [-0.25, -0.2) is 0 Å². The molecule has 0 aromatic heterocycles. The summed E-state index contributed by atoms with van der Waals surface area (Å²) in [5.41, 5.74) is 0. The maximum Gasteiger partial charge on any atom is -0.00124 e. The highest BCUT2D eigenvalue weighted by atomic mass is 31.1. The average molecular weight is 119 g/mol. The quantitative estimate of drug-likeness (QED) is 0.438. The van der Waals surface area contributed by atoms with E-state index in [-0.39, 0.29) is 0 Å². The summed E-state index contributed by atoms with van der Waals surface area (Å²) in [4.78, 5) is 0. The van der Waals surface area contributed by atoms with Crippen molar-refractivity contribution < 1.29 is 0 Å². The van der Waals surface area contributed by atoms with Crippen LogP contribution in [-0.4, -0.2) is 13.2 Å². The lowest BCUT2D eigenvalue weighted by molar-refractivity contribution is 0.774. The van der Waals surface area contributed by atoms with E-state index < -0.39 is 0 Å². The Morgan fingerprint density at radius 3 is 2.71 bits per heavy atom. The van der Waals surface area contributed by atoms with Gasteiger partial charge in [-0.3, -0.25) is 5.09 Å². The fraction of sp³-hybridized carbons (Fsp3) is 1.00. The Labute approximate surface area is 47.7 Å². The number of nitrogens with one attached hydrogen (secondary N) is 1. The van der Waals surface area contributed by atoms with Crippen LogP contribution < -0.4 is 5.09 Å². The van der Waals surface area contributed by atoms with Gasteiger partial charge in [0.1, 0.15) is 0 Å². The molecular formula is C5H14NP. The van der Waals surface area contributed by atoms with Gasteiger partial charge in [0.05, 0.1) is 0 Å². The summed E-state index contributed by atoms with van der Waals surface area (Å²) in [6, 6.07) is 0. The van der Waals surface area contributed by atoms with Gasteiger partial charge >= 0.3 is 0 Å². The largest absolute Gasteiger partial charge is 0.298 e. The van der Waals surface area contributed by atoms with E-state index in [1.165, 1.54) is 19.4 Å². The van der Waals surface area contributed by atoms with Gasteiger partial charge in [-0.15, -0.1) is 0 Å². The summed E-state index contributed by atoms with van der Waals surface area (Å²) in [5, 5.41) is 3.28. The van der Waals surface area contributed by atoms with Crippen molar-refractivity contribution in [3.05, 3.63) is 0 Å². The van der Waals surface area contributed by atoms with Crippen molar-refractivity contribution in [1.29, 1.82) is 0 Å². The minimum Gasteiger partial charge on any atom is -0.298 e. The van der Waals surface area contributed by atoms with Gasteiger partial charge in [0, 0.05) is 0 Å². The third-order valence-electron chi connectivity index (χ3n) is 0.832. The Hall–Kier alpha value is 0.390. The smallest absolute Gasteiger partial charge is 0.00124 e. The van der Waals surface area contributed by atoms with E-state index in [1.54, 1.807) is 0 Å². The molecule has 0 amide bonds. The second kappa shape index (κ2) is 6.39. The summed E-state index contributed by atoms with van der Waals surface area (Å²) in [6.07, 6.45) is 2.62. The second-order valence-corrected chi connectivity index (χ2v) is 2.38. The second-order valence-electron chi connectivity index (χ2n) is 1.53. The van der Waals surface area contributed by atoms with E-state index in [0.717, 1.165) is 8.73 Å². The molecule has 0 rings (SSSR count). The molecule has 1 nitrogen and oxygen atoms in total. The first-order valence-corrected chi connectivity index (χ1v) is 4.31. The van der Waals surface area contributed by atoms with E-state index in [1.807, 2.05) is 0 Å². The molecule has 1 unspecified atom stereocenters. The minimum absolute atomic E-state index is 0.918. The molecular weight excluding hydrogens is 105 g/mol. The van der Waals surface area contributed by atoms with Crippen LogP contribution in [0.3, 0.4) is 0 Å². The van der Waals surface area contributed by atoms with Gasteiger partial charge in [0.25, 0.3) is 0 Å². The molecule has 1 N–H and O–H groups in total. The minimum atomic E-state index is 0.918. The van der Waals surface area contributed by atoms with Gasteiger partial charge in [0.2, 0.25) is 0 Å². The molecule has 7 heavy (non-hydrogen) atoms. The zero-order valence-electron chi connectivity index (χ0n) is 5.12. The van der Waals surface area contributed by atoms with Crippen LogP contribution in [0.15, 0.2) is 0 Å². The molecule has 0 radical (unpaired) electrons. The van der Waals surface area contributed by atoms with Crippen molar-refractivity contribution in [2.75, 3.05) is 13.2 Å². The molecule has 0 aliphatic heterocycles. The van der Waals surface area contributed by atoms with Gasteiger partial charge < -0.3 is 0 Å². The third-order valence-corrected chi connectivity index (χ3v) is 1.44. The van der Waals surface area contributed by atoms with Crippen LogP contribution >= 0.6 is 8.73 Å². The van der Waals surface area contributed by atoms with Crippen LogP contribution in [0.1, 0.15) is 19.8 Å². The first-order valence-electron chi connectivity index (χ1n) is 2.81. The standard InChI is InChI=1S/C5H14NP/c1-3-4-5-6-7-2/h6-7H,3-5H2,1-2H3. The van der Waals surface area contributed by atoms with Crippen LogP contribution in [0.4, 0.5) is 0 Å². The molecule has 0 aliphatic rings. The Kier molecular flexibility index (Phi) is 6.75. The summed E-state index contributed by atoms with van der Waals surface area (Å²) in [7, 11) is 0.918. The van der Waals surface area contributed by atoms with E-state index in [9.17, 15) is 0 Å². The molecule has 0 spiro atoms. The summed E-state index contributed by atoms with van der Waals surface area (Å²) in [5.74, 6) is 0. The molecule has 0 aliphatic carbocycles. The number of rotatable bonds is 4. The lowest BCUT2D eigenvalue weighted by Gasteiger charge is -1.95. The summed E-state index contributed by atoms with van der Waals surface area (Å²) >= 11 is 0. The highest BCUT2D eigenvalue weighted by molar-refractivity contribution is 7.34. The monoisotopic (exact) mass is 119 g/mol. The summed E-state index contributed by atoms with van der Waals surface area (Å²) in [6.45, 7) is 5.57. The maximum absolute atomic E-state index is 3.28. The van der Waals surface area contributed by atoms with Gasteiger partial charge in [-0.1, -0.05) is 22.1 Å². The normalized spacial score (nSPS) is 11.1. The third kappa shape index (κ3) is 6.39. The van der Waals surface area contributed by atoms with E-state index in [0.29, 0.717) is 0 Å². The highest BCUT2D eigenvalue weighted by Crippen LogP contribution is 1.92. The van der Waals surface area contributed by atoms with Crippen LogP contribution in [0.25, 0.3) is 0 Å². The van der Waals surface area contributed by atoms with Crippen molar-refractivity contribution in [1.82, 2.24) is 5.09 Å².